The highest BCUT2D eigenvalue weighted by Crippen LogP contribution is 2.33. The van der Waals surface area contributed by atoms with E-state index in [1.807, 2.05) is 0 Å². The van der Waals surface area contributed by atoms with Crippen LogP contribution in [0.25, 0.3) is 0 Å². The Morgan fingerprint density at radius 1 is 1.45 bits per heavy atom. The molecule has 0 bridgehead atoms. The summed E-state index contributed by atoms with van der Waals surface area (Å²) in [4.78, 5) is 19.2. The van der Waals surface area contributed by atoms with Gasteiger partial charge in [-0.3, -0.25) is 4.98 Å². The van der Waals surface area contributed by atoms with Gasteiger partial charge in [-0.05, 0) is 28.1 Å². The molecule has 2 rings (SSSR count). The van der Waals surface area contributed by atoms with Crippen molar-refractivity contribution >= 4 is 45.0 Å². The predicted molar refractivity (Wildman–Crippen MR) is 75.8 cm³/mol. The van der Waals surface area contributed by atoms with Crippen LogP contribution in [0.3, 0.4) is 0 Å². The molecule has 0 amide bonds. The lowest BCUT2D eigenvalue weighted by Gasteiger charge is -2.10. The van der Waals surface area contributed by atoms with Crippen molar-refractivity contribution in [3.8, 4) is 0 Å². The molecule has 0 aliphatic carbocycles. The van der Waals surface area contributed by atoms with E-state index < -0.39 is 11.8 Å². The lowest BCUT2D eigenvalue weighted by Crippen LogP contribution is -2.07. The van der Waals surface area contributed by atoms with Crippen LogP contribution in [0.1, 0.15) is 10.5 Å². The molecule has 1 aromatic carbocycles. The molecule has 0 unspecified atom stereocenters. The monoisotopic (exact) mass is 359 g/mol. The van der Waals surface area contributed by atoms with Gasteiger partial charge < -0.3 is 10.1 Å². The van der Waals surface area contributed by atoms with Gasteiger partial charge in [-0.15, -0.1) is 0 Å². The number of benzene rings is 1. The summed E-state index contributed by atoms with van der Waals surface area (Å²) in [5.74, 6) is -0.797. The zero-order chi connectivity index (χ0) is 14.7. The number of carbonyl (C=O) groups is 1. The second-order valence-electron chi connectivity index (χ2n) is 3.65. The first-order valence-corrected chi connectivity index (χ1v) is 6.50. The Hall–Kier alpha value is -1.73. The summed E-state index contributed by atoms with van der Waals surface area (Å²) in [5.41, 5.74) is 0.469. The van der Waals surface area contributed by atoms with E-state index in [4.69, 9.17) is 11.6 Å². The van der Waals surface area contributed by atoms with Crippen molar-refractivity contribution in [1.82, 2.24) is 9.97 Å². The van der Waals surface area contributed by atoms with Crippen LogP contribution in [0.2, 0.25) is 5.02 Å². The average Bonchev–Trinajstić information content (AvgIpc) is 2.42. The summed E-state index contributed by atoms with van der Waals surface area (Å²) >= 11 is 9.13. The quantitative estimate of drug-likeness (QED) is 0.848. The topological polar surface area (TPSA) is 64.1 Å². The van der Waals surface area contributed by atoms with Crippen LogP contribution in [0.4, 0.5) is 15.9 Å². The van der Waals surface area contributed by atoms with Crippen molar-refractivity contribution in [2.45, 2.75) is 0 Å². The molecule has 0 spiro atoms. The number of esters is 1. The molecular formula is C12H8BrClFN3O2. The van der Waals surface area contributed by atoms with Gasteiger partial charge in [-0.25, -0.2) is 14.2 Å². The predicted octanol–water partition coefficient (Wildman–Crippen LogP) is 3.56. The number of anilines is 2. The smallest absolute Gasteiger partial charge is 0.358 e. The van der Waals surface area contributed by atoms with Gasteiger partial charge in [0.15, 0.2) is 5.69 Å². The number of nitrogens with one attached hydrogen (secondary N) is 1. The Labute approximate surface area is 127 Å². The molecule has 20 heavy (non-hydrogen) atoms. The van der Waals surface area contributed by atoms with Crippen LogP contribution >= 0.6 is 27.5 Å². The molecular weight excluding hydrogens is 353 g/mol. The summed E-state index contributed by atoms with van der Waals surface area (Å²) in [6.07, 6.45) is 2.68. The second kappa shape index (κ2) is 6.15. The van der Waals surface area contributed by atoms with Crippen molar-refractivity contribution in [3.05, 3.63) is 45.5 Å². The molecule has 5 nitrogen and oxygen atoms in total. The summed E-state index contributed by atoms with van der Waals surface area (Å²) in [6.45, 7) is 0. The maximum atomic E-state index is 13.1. The first-order valence-electron chi connectivity index (χ1n) is 5.33. The van der Waals surface area contributed by atoms with Crippen molar-refractivity contribution in [1.29, 1.82) is 0 Å². The third-order valence-corrected chi connectivity index (χ3v) is 3.21. The normalized spacial score (nSPS) is 10.2. The minimum absolute atomic E-state index is 0.0480. The van der Waals surface area contributed by atoms with Gasteiger partial charge in [0.25, 0.3) is 0 Å². The van der Waals surface area contributed by atoms with E-state index in [2.05, 4.69) is 36.0 Å². The third kappa shape index (κ3) is 3.23. The maximum Gasteiger partial charge on any atom is 0.358 e. The molecule has 2 aromatic rings. The molecule has 0 radical (unpaired) electrons. The fraction of sp³-hybridized carbons (Fsp3) is 0.0833. The lowest BCUT2D eigenvalue weighted by atomic mass is 10.3. The summed E-state index contributed by atoms with van der Waals surface area (Å²) < 4.78 is 18.1. The second-order valence-corrected chi connectivity index (χ2v) is 4.91. The zero-order valence-electron chi connectivity index (χ0n) is 10.2. The summed E-state index contributed by atoms with van der Waals surface area (Å²) in [7, 11) is 1.25. The Kier molecular flexibility index (Phi) is 4.51. The number of hydrogen-bond acceptors (Lipinski definition) is 5. The highest BCUT2D eigenvalue weighted by atomic mass is 79.9. The number of methoxy groups -OCH3 is 1. The third-order valence-electron chi connectivity index (χ3n) is 2.29. The molecule has 1 N–H and O–H groups in total. The minimum atomic E-state index is -0.606. The number of carbonyl (C=O) groups excluding carboxylic acids is 1. The van der Waals surface area contributed by atoms with Gasteiger partial charge in [-0.1, -0.05) is 11.6 Å². The van der Waals surface area contributed by atoms with Crippen LogP contribution in [-0.2, 0) is 4.74 Å². The summed E-state index contributed by atoms with van der Waals surface area (Å²) in [6, 6.07) is 2.41. The van der Waals surface area contributed by atoms with Gasteiger partial charge in [0.05, 0.1) is 30.2 Å². The van der Waals surface area contributed by atoms with E-state index in [-0.39, 0.29) is 16.5 Å². The molecule has 1 aromatic heterocycles. The maximum absolute atomic E-state index is 13.1. The molecule has 0 saturated carbocycles. The van der Waals surface area contributed by atoms with Crippen molar-refractivity contribution in [3.63, 3.8) is 0 Å². The Bertz CT molecular complexity index is 646. The van der Waals surface area contributed by atoms with E-state index >= 15 is 0 Å². The zero-order valence-corrected chi connectivity index (χ0v) is 12.5. The first kappa shape index (κ1) is 14.7. The average molecular weight is 361 g/mol. The molecule has 0 aliphatic rings. The lowest BCUT2D eigenvalue weighted by molar-refractivity contribution is 0.0593. The van der Waals surface area contributed by atoms with Crippen LogP contribution in [0, 0.1) is 5.82 Å². The van der Waals surface area contributed by atoms with Gasteiger partial charge >= 0.3 is 5.97 Å². The van der Waals surface area contributed by atoms with Crippen molar-refractivity contribution in [2.24, 2.45) is 0 Å². The van der Waals surface area contributed by atoms with Crippen LogP contribution in [-0.4, -0.2) is 23.0 Å². The van der Waals surface area contributed by atoms with E-state index in [9.17, 15) is 9.18 Å². The molecule has 0 atom stereocenters. The van der Waals surface area contributed by atoms with Gasteiger partial charge in [0.1, 0.15) is 11.6 Å². The van der Waals surface area contributed by atoms with Crippen molar-refractivity contribution in [2.75, 3.05) is 12.4 Å². The fourth-order valence-electron chi connectivity index (χ4n) is 1.42. The van der Waals surface area contributed by atoms with E-state index in [0.29, 0.717) is 10.2 Å². The molecule has 104 valence electrons. The van der Waals surface area contributed by atoms with E-state index in [1.54, 1.807) is 0 Å². The highest BCUT2D eigenvalue weighted by molar-refractivity contribution is 9.10. The Morgan fingerprint density at radius 2 is 2.20 bits per heavy atom. The molecule has 8 heteroatoms. The molecule has 0 fully saturated rings. The minimum Gasteiger partial charge on any atom is -0.464 e. The van der Waals surface area contributed by atoms with E-state index in [1.165, 1.54) is 25.6 Å². The van der Waals surface area contributed by atoms with Gasteiger partial charge in [0.2, 0.25) is 0 Å². The SMILES string of the molecule is COC(=O)c1cncc(Nc2c(Cl)cc(F)cc2Br)n1. The fourth-order valence-corrected chi connectivity index (χ4v) is 2.32. The standard InChI is InChI=1S/C12H8BrClFN3O2/c1-20-12(19)9-4-16-5-10(17-9)18-11-7(13)2-6(15)3-8(11)14/h2-5H,1H3,(H,17,18). The van der Waals surface area contributed by atoms with Crippen LogP contribution < -0.4 is 5.32 Å². The van der Waals surface area contributed by atoms with Crippen LogP contribution in [0.15, 0.2) is 29.0 Å². The number of hydrogen-bond donors (Lipinski definition) is 1. The van der Waals surface area contributed by atoms with Crippen LogP contribution in [0.5, 0.6) is 0 Å². The molecule has 0 aliphatic heterocycles. The molecule has 1 heterocycles. The van der Waals surface area contributed by atoms with Gasteiger partial charge in [0, 0.05) is 4.47 Å². The Balaban J connectivity index is 2.33. The number of ether oxygens (including phenoxy) is 1. The number of rotatable bonds is 3. The Morgan fingerprint density at radius 3 is 2.85 bits per heavy atom. The van der Waals surface area contributed by atoms with Crippen molar-refractivity contribution < 1.29 is 13.9 Å². The number of halogens is 3. The summed E-state index contributed by atoms with van der Waals surface area (Å²) in [5, 5.41) is 3.03. The molecule has 0 saturated heterocycles. The largest absolute Gasteiger partial charge is 0.464 e. The van der Waals surface area contributed by atoms with Gasteiger partial charge in [-0.2, -0.15) is 0 Å². The number of nitrogens with zero attached hydrogens (tertiary/aromatic N) is 2. The number of aromatic nitrogens is 2. The van der Waals surface area contributed by atoms with E-state index in [0.717, 1.165) is 6.07 Å². The first-order chi connectivity index (χ1) is 9.51. The highest BCUT2D eigenvalue weighted by Gasteiger charge is 2.12.